The molecule has 2 amide bonds. The van der Waals surface area contributed by atoms with Crippen molar-refractivity contribution >= 4 is 17.5 Å². The Bertz CT molecular complexity index is 605. The van der Waals surface area contributed by atoms with Gasteiger partial charge in [-0.3, -0.25) is 14.5 Å². The van der Waals surface area contributed by atoms with Crippen LogP contribution in [0.15, 0.2) is 24.3 Å². The van der Waals surface area contributed by atoms with Crippen LogP contribution >= 0.6 is 0 Å². The molecule has 2 atom stereocenters. The smallest absolute Gasteiger partial charge is 0.251 e. The first-order valence-electron chi connectivity index (χ1n) is 8.11. The van der Waals surface area contributed by atoms with Crippen LogP contribution in [0.1, 0.15) is 32.1 Å². The molecule has 5 nitrogen and oxygen atoms in total. The Kier molecular flexibility index (Phi) is 4.73. The maximum atomic E-state index is 13.4. The normalized spacial score (nSPS) is 26.1. The van der Waals surface area contributed by atoms with Gasteiger partial charge in [-0.25, -0.2) is 9.29 Å². The molecule has 1 aromatic rings. The number of halogens is 1. The van der Waals surface area contributed by atoms with Gasteiger partial charge in [-0.1, -0.05) is 12.5 Å². The zero-order valence-corrected chi connectivity index (χ0v) is 12.9. The van der Waals surface area contributed by atoms with E-state index in [0.29, 0.717) is 12.1 Å². The maximum absolute atomic E-state index is 13.4. The predicted octanol–water partition coefficient (Wildman–Crippen LogP) is 1.69. The molecule has 3 rings (SSSR count). The van der Waals surface area contributed by atoms with Crippen LogP contribution in [0, 0.1) is 5.82 Å². The Labute approximate surface area is 134 Å². The molecule has 2 saturated heterocycles. The molecule has 1 N–H and O–H groups in total. The van der Waals surface area contributed by atoms with Gasteiger partial charge in [-0.2, -0.15) is 0 Å². The third kappa shape index (κ3) is 3.14. The molecule has 1 aromatic carbocycles. The highest BCUT2D eigenvalue weighted by molar-refractivity contribution is 6.22. The Morgan fingerprint density at radius 1 is 1.26 bits per heavy atom. The number of carbonyl (C=O) groups is 2. The quantitative estimate of drug-likeness (QED) is 0.858. The van der Waals surface area contributed by atoms with Gasteiger partial charge < -0.3 is 5.11 Å². The van der Waals surface area contributed by atoms with E-state index in [1.54, 1.807) is 6.07 Å². The highest BCUT2D eigenvalue weighted by Crippen LogP contribution is 2.30. The second-order valence-corrected chi connectivity index (χ2v) is 6.17. The molecule has 2 aliphatic rings. The van der Waals surface area contributed by atoms with Gasteiger partial charge in [-0.15, -0.1) is 0 Å². The van der Waals surface area contributed by atoms with Crippen LogP contribution in [0.2, 0.25) is 0 Å². The van der Waals surface area contributed by atoms with E-state index in [1.165, 1.54) is 18.2 Å². The number of hydrogen-bond acceptors (Lipinski definition) is 4. The third-order valence-corrected chi connectivity index (χ3v) is 4.72. The first-order chi connectivity index (χ1) is 11.1. The van der Waals surface area contributed by atoms with Gasteiger partial charge in [0.05, 0.1) is 18.2 Å². The number of nitrogens with zero attached hydrogens (tertiary/aromatic N) is 2. The number of hydrogen-bond donors (Lipinski definition) is 1. The average Bonchev–Trinajstić information content (AvgIpc) is 2.83. The lowest BCUT2D eigenvalue weighted by molar-refractivity contribution is -0.123. The van der Waals surface area contributed by atoms with E-state index in [2.05, 4.69) is 4.90 Å². The molecule has 0 unspecified atom stereocenters. The van der Waals surface area contributed by atoms with Gasteiger partial charge in [0.1, 0.15) is 5.82 Å². The number of imide groups is 1. The minimum Gasteiger partial charge on any atom is -0.396 e. The molecule has 0 bridgehead atoms. The second-order valence-electron chi connectivity index (χ2n) is 6.17. The van der Waals surface area contributed by atoms with Crippen molar-refractivity contribution < 1.29 is 19.1 Å². The summed E-state index contributed by atoms with van der Waals surface area (Å²) in [6, 6.07) is 5.19. The number of amides is 2. The highest BCUT2D eigenvalue weighted by Gasteiger charge is 2.44. The number of aliphatic hydroxyl groups is 1. The topological polar surface area (TPSA) is 60.9 Å². The molecule has 23 heavy (non-hydrogen) atoms. The third-order valence-electron chi connectivity index (χ3n) is 4.72. The summed E-state index contributed by atoms with van der Waals surface area (Å²) in [4.78, 5) is 28.2. The minimum atomic E-state index is -0.498. The number of piperidine rings is 1. The van der Waals surface area contributed by atoms with Gasteiger partial charge in [0.25, 0.3) is 5.91 Å². The first-order valence-corrected chi connectivity index (χ1v) is 8.11. The van der Waals surface area contributed by atoms with E-state index in [0.717, 1.165) is 30.7 Å². The Morgan fingerprint density at radius 3 is 2.83 bits per heavy atom. The number of likely N-dealkylation sites (tertiary alicyclic amines) is 1. The number of anilines is 1. The van der Waals surface area contributed by atoms with Crippen LogP contribution < -0.4 is 4.90 Å². The molecule has 0 saturated carbocycles. The molecule has 2 heterocycles. The predicted molar refractivity (Wildman–Crippen MR) is 83.3 cm³/mol. The fourth-order valence-electron chi connectivity index (χ4n) is 3.65. The zero-order chi connectivity index (χ0) is 16.4. The lowest BCUT2D eigenvalue weighted by Crippen LogP contribution is -2.50. The van der Waals surface area contributed by atoms with E-state index in [-0.39, 0.29) is 30.9 Å². The van der Waals surface area contributed by atoms with Crippen molar-refractivity contribution in [2.75, 3.05) is 18.1 Å². The van der Waals surface area contributed by atoms with E-state index in [4.69, 9.17) is 0 Å². The van der Waals surface area contributed by atoms with Crippen LogP contribution in [0.25, 0.3) is 0 Å². The molecular weight excluding hydrogens is 299 g/mol. The maximum Gasteiger partial charge on any atom is 0.251 e. The molecule has 124 valence electrons. The largest absolute Gasteiger partial charge is 0.396 e. The second kappa shape index (κ2) is 6.76. The van der Waals surface area contributed by atoms with Crippen molar-refractivity contribution in [3.05, 3.63) is 30.1 Å². The van der Waals surface area contributed by atoms with Crippen molar-refractivity contribution in [2.45, 2.75) is 44.2 Å². The standard InChI is InChI=1S/C17H21FN2O3/c18-12-4-3-6-14(10-12)20-16(22)11-15(17(20)23)19-8-2-1-5-13(19)7-9-21/h3-4,6,10,13,15,21H,1-2,5,7-9,11H2/t13-,15+/m0/s1. The lowest BCUT2D eigenvalue weighted by atomic mass is 9.97. The van der Waals surface area contributed by atoms with E-state index in [1.807, 2.05) is 0 Å². The van der Waals surface area contributed by atoms with Gasteiger partial charge in [0.15, 0.2) is 0 Å². The Morgan fingerprint density at radius 2 is 2.09 bits per heavy atom. The van der Waals surface area contributed by atoms with Crippen LogP contribution in [0.3, 0.4) is 0 Å². The van der Waals surface area contributed by atoms with E-state index < -0.39 is 11.9 Å². The molecule has 0 aromatic heterocycles. The van der Waals surface area contributed by atoms with Crippen molar-refractivity contribution in [1.29, 1.82) is 0 Å². The lowest BCUT2D eigenvalue weighted by Gasteiger charge is -2.38. The van der Waals surface area contributed by atoms with Gasteiger partial charge in [0, 0.05) is 12.6 Å². The molecule has 6 heteroatoms. The zero-order valence-electron chi connectivity index (χ0n) is 12.9. The molecular formula is C17H21FN2O3. The van der Waals surface area contributed by atoms with Gasteiger partial charge in [0.2, 0.25) is 5.91 Å². The molecule has 2 aliphatic heterocycles. The van der Waals surface area contributed by atoms with Crippen molar-refractivity contribution in [3.8, 4) is 0 Å². The van der Waals surface area contributed by atoms with Crippen molar-refractivity contribution in [1.82, 2.24) is 4.90 Å². The summed E-state index contributed by atoms with van der Waals surface area (Å²) < 4.78 is 13.4. The monoisotopic (exact) mass is 320 g/mol. The molecule has 0 spiro atoms. The summed E-state index contributed by atoms with van der Waals surface area (Å²) in [6.07, 6.45) is 3.72. The summed E-state index contributed by atoms with van der Waals surface area (Å²) in [6.45, 7) is 0.828. The van der Waals surface area contributed by atoms with E-state index in [9.17, 15) is 19.1 Å². The number of carbonyl (C=O) groups excluding carboxylic acids is 2. The average molecular weight is 320 g/mol. The number of rotatable bonds is 4. The number of benzene rings is 1. The van der Waals surface area contributed by atoms with Crippen LogP contribution in [-0.2, 0) is 9.59 Å². The summed E-state index contributed by atoms with van der Waals surface area (Å²) in [7, 11) is 0. The van der Waals surface area contributed by atoms with Crippen molar-refractivity contribution in [3.63, 3.8) is 0 Å². The van der Waals surface area contributed by atoms with Crippen LogP contribution in [0.4, 0.5) is 10.1 Å². The molecule has 2 fully saturated rings. The minimum absolute atomic E-state index is 0.0730. The fourth-order valence-corrected chi connectivity index (χ4v) is 3.65. The molecule has 0 aliphatic carbocycles. The SMILES string of the molecule is O=C1C[C@@H](N2CCCC[C@H]2CCO)C(=O)N1c1cccc(F)c1. The van der Waals surface area contributed by atoms with E-state index >= 15 is 0 Å². The van der Waals surface area contributed by atoms with Crippen LogP contribution in [0.5, 0.6) is 0 Å². The number of aliphatic hydroxyl groups excluding tert-OH is 1. The summed E-state index contributed by atoms with van der Waals surface area (Å²) >= 11 is 0. The molecule has 0 radical (unpaired) electrons. The Balaban J connectivity index is 1.83. The summed E-state index contributed by atoms with van der Waals surface area (Å²) in [5.41, 5.74) is 0.290. The Hall–Kier alpha value is -1.79. The van der Waals surface area contributed by atoms with Crippen molar-refractivity contribution in [2.24, 2.45) is 0 Å². The van der Waals surface area contributed by atoms with Gasteiger partial charge in [-0.05, 0) is 44.0 Å². The van der Waals surface area contributed by atoms with Gasteiger partial charge >= 0.3 is 0 Å². The summed E-state index contributed by atoms with van der Waals surface area (Å²) in [5, 5.41) is 9.23. The summed E-state index contributed by atoms with van der Waals surface area (Å²) in [5.74, 6) is -1.05. The van der Waals surface area contributed by atoms with Crippen LogP contribution in [-0.4, -0.2) is 47.1 Å². The fraction of sp³-hybridized carbons (Fsp3) is 0.529. The highest BCUT2D eigenvalue weighted by atomic mass is 19.1. The first kappa shape index (κ1) is 16.1.